The van der Waals surface area contributed by atoms with Crippen LogP contribution in [0.3, 0.4) is 0 Å². The van der Waals surface area contributed by atoms with Crippen LogP contribution in [-0.4, -0.2) is 35.3 Å². The molecule has 0 aromatic rings. The number of rotatable bonds is 2. The van der Waals surface area contributed by atoms with Gasteiger partial charge in [-0.3, -0.25) is 0 Å². The Balaban J connectivity index is 0. The molecule has 2 rings (SSSR count). The summed E-state index contributed by atoms with van der Waals surface area (Å²) in [6.07, 6.45) is 15.0. The van der Waals surface area contributed by atoms with E-state index in [-0.39, 0.29) is 25.9 Å². The molecule has 0 heterocycles. The Morgan fingerprint density at radius 3 is 1.36 bits per heavy atom. The second kappa shape index (κ2) is 7.07. The molecule has 0 aliphatic heterocycles. The first-order valence-corrected chi connectivity index (χ1v) is 6.10. The molecule has 14 heavy (non-hydrogen) atoms. The van der Waals surface area contributed by atoms with Gasteiger partial charge >= 0.3 is 23.1 Å². The molecule has 2 aliphatic rings. The van der Waals surface area contributed by atoms with E-state index < -0.39 is 0 Å². The van der Waals surface area contributed by atoms with Crippen LogP contribution in [0.15, 0.2) is 0 Å². The van der Waals surface area contributed by atoms with E-state index in [9.17, 15) is 0 Å². The van der Waals surface area contributed by atoms with Gasteiger partial charge in [0.15, 0.2) is 0 Å². The van der Waals surface area contributed by atoms with E-state index >= 15 is 0 Å². The van der Waals surface area contributed by atoms with Crippen LogP contribution in [0.2, 0.25) is 0 Å². The van der Waals surface area contributed by atoms with Gasteiger partial charge in [0.1, 0.15) is 0 Å². The van der Waals surface area contributed by atoms with Gasteiger partial charge < -0.3 is 7.59 Å². The van der Waals surface area contributed by atoms with Gasteiger partial charge in [-0.15, -0.1) is 0 Å². The molecule has 2 fully saturated rings. The minimum Gasteiger partial charge on any atom is -1.00 e. The fraction of sp³-hybridized carbons (Fsp3) is 1.00. The SMILES string of the molecule is C1CCC(OC2CCCCC2)CC1.[H-].[H-].[Mg+2]. The van der Waals surface area contributed by atoms with Gasteiger partial charge in [0, 0.05) is 0 Å². The van der Waals surface area contributed by atoms with Crippen molar-refractivity contribution in [3.63, 3.8) is 0 Å². The average molecular weight is 209 g/mol. The predicted molar refractivity (Wildman–Crippen MR) is 62.8 cm³/mol. The zero-order chi connectivity index (χ0) is 8.93. The van der Waals surface area contributed by atoms with Crippen molar-refractivity contribution < 1.29 is 7.59 Å². The maximum atomic E-state index is 6.13. The molecule has 0 saturated heterocycles. The summed E-state index contributed by atoms with van der Waals surface area (Å²) in [5, 5.41) is 0. The average Bonchev–Trinajstić information content (AvgIpc) is 2.21. The molecule has 0 aromatic heterocycles. The van der Waals surface area contributed by atoms with Gasteiger partial charge in [-0.25, -0.2) is 0 Å². The molecule has 0 atom stereocenters. The Morgan fingerprint density at radius 2 is 1.00 bits per heavy atom. The minimum absolute atomic E-state index is 0. The van der Waals surface area contributed by atoms with Crippen LogP contribution in [0, 0.1) is 0 Å². The molecular formula is C12H24MgO. The first kappa shape index (κ1) is 12.8. The first-order chi connectivity index (χ1) is 6.45. The van der Waals surface area contributed by atoms with E-state index in [2.05, 4.69) is 0 Å². The van der Waals surface area contributed by atoms with Crippen LogP contribution in [0.4, 0.5) is 0 Å². The van der Waals surface area contributed by atoms with Crippen molar-refractivity contribution in [2.24, 2.45) is 0 Å². The van der Waals surface area contributed by atoms with Gasteiger partial charge in [0.2, 0.25) is 0 Å². The van der Waals surface area contributed by atoms with Crippen molar-refractivity contribution in [3.8, 4) is 0 Å². The van der Waals surface area contributed by atoms with Crippen molar-refractivity contribution in [1.82, 2.24) is 0 Å². The summed E-state index contributed by atoms with van der Waals surface area (Å²) in [5.41, 5.74) is 0. The predicted octanol–water partition coefficient (Wildman–Crippen LogP) is 3.51. The molecule has 0 spiro atoms. The fourth-order valence-corrected chi connectivity index (χ4v) is 2.67. The van der Waals surface area contributed by atoms with Crippen LogP contribution in [0.5, 0.6) is 0 Å². The first-order valence-electron chi connectivity index (χ1n) is 6.10. The molecule has 0 unspecified atom stereocenters. The molecular weight excluding hydrogens is 184 g/mol. The smallest absolute Gasteiger partial charge is 1.00 e. The quantitative estimate of drug-likeness (QED) is 0.631. The normalized spacial score (nSPS) is 25.7. The van der Waals surface area contributed by atoms with Crippen molar-refractivity contribution in [2.75, 3.05) is 0 Å². The van der Waals surface area contributed by atoms with Crippen LogP contribution in [-0.2, 0) is 4.74 Å². The largest absolute Gasteiger partial charge is 2.00 e. The van der Waals surface area contributed by atoms with Crippen LogP contribution < -0.4 is 0 Å². The Kier molecular flexibility index (Phi) is 6.47. The van der Waals surface area contributed by atoms with E-state index in [1.54, 1.807) is 0 Å². The monoisotopic (exact) mass is 208 g/mol. The van der Waals surface area contributed by atoms with Gasteiger partial charge in [-0.2, -0.15) is 0 Å². The maximum absolute atomic E-state index is 6.13. The molecule has 0 amide bonds. The standard InChI is InChI=1S/C12H22O.Mg.2H/c1-3-7-11(8-4-1)13-12-9-5-2-6-10-12;;;/h11-12H,1-10H2;;;/q;+2;2*-1. The van der Waals surface area contributed by atoms with Crippen molar-refractivity contribution >= 4 is 23.1 Å². The fourth-order valence-electron chi connectivity index (χ4n) is 2.67. The second-order valence-electron chi connectivity index (χ2n) is 4.66. The van der Waals surface area contributed by atoms with E-state index in [0.717, 1.165) is 0 Å². The molecule has 0 N–H and O–H groups in total. The molecule has 0 radical (unpaired) electrons. The summed E-state index contributed by atoms with van der Waals surface area (Å²) in [4.78, 5) is 0. The Morgan fingerprint density at radius 1 is 0.643 bits per heavy atom. The number of hydrogen-bond acceptors (Lipinski definition) is 1. The third-order valence-electron chi connectivity index (χ3n) is 3.49. The molecule has 2 aliphatic carbocycles. The zero-order valence-electron chi connectivity index (χ0n) is 11.3. The summed E-state index contributed by atoms with van der Waals surface area (Å²) in [7, 11) is 0. The van der Waals surface area contributed by atoms with Crippen molar-refractivity contribution in [2.45, 2.75) is 76.4 Å². The van der Waals surface area contributed by atoms with Crippen LogP contribution in [0.1, 0.15) is 67.1 Å². The Bertz CT molecular complexity index is 130. The topological polar surface area (TPSA) is 9.23 Å². The van der Waals surface area contributed by atoms with E-state index in [4.69, 9.17) is 4.74 Å². The summed E-state index contributed by atoms with van der Waals surface area (Å²) in [6.45, 7) is 0. The Hall–Kier alpha value is 0.726. The third-order valence-corrected chi connectivity index (χ3v) is 3.49. The molecule has 2 saturated carbocycles. The maximum Gasteiger partial charge on any atom is 2.00 e. The van der Waals surface area contributed by atoms with E-state index in [0.29, 0.717) is 12.2 Å². The Labute approximate surface area is 107 Å². The molecule has 0 aromatic carbocycles. The third kappa shape index (κ3) is 4.07. The molecule has 2 heteroatoms. The summed E-state index contributed by atoms with van der Waals surface area (Å²) in [6, 6.07) is 0. The summed E-state index contributed by atoms with van der Waals surface area (Å²) >= 11 is 0. The van der Waals surface area contributed by atoms with Crippen molar-refractivity contribution in [3.05, 3.63) is 0 Å². The van der Waals surface area contributed by atoms with Gasteiger partial charge in [-0.1, -0.05) is 38.5 Å². The minimum atomic E-state index is 0. The molecule has 0 bridgehead atoms. The van der Waals surface area contributed by atoms with E-state index in [1.807, 2.05) is 0 Å². The second-order valence-corrected chi connectivity index (χ2v) is 4.66. The summed E-state index contributed by atoms with van der Waals surface area (Å²) in [5.74, 6) is 0. The van der Waals surface area contributed by atoms with Crippen molar-refractivity contribution in [1.29, 1.82) is 0 Å². The van der Waals surface area contributed by atoms with E-state index in [1.165, 1.54) is 64.2 Å². The number of ether oxygens (including phenoxy) is 1. The van der Waals surface area contributed by atoms with Gasteiger partial charge in [0.05, 0.1) is 12.2 Å². The molecule has 80 valence electrons. The van der Waals surface area contributed by atoms with Crippen LogP contribution >= 0.6 is 0 Å². The molecule has 1 nitrogen and oxygen atoms in total. The van der Waals surface area contributed by atoms with Crippen LogP contribution in [0.25, 0.3) is 0 Å². The summed E-state index contributed by atoms with van der Waals surface area (Å²) < 4.78 is 6.13. The van der Waals surface area contributed by atoms with Gasteiger partial charge in [0.25, 0.3) is 0 Å². The zero-order valence-corrected chi connectivity index (χ0v) is 10.8. The van der Waals surface area contributed by atoms with Gasteiger partial charge in [-0.05, 0) is 25.7 Å². The number of hydrogen-bond donors (Lipinski definition) is 0.